The van der Waals surface area contributed by atoms with Crippen LogP contribution in [-0.2, 0) is 27.3 Å². The number of fused-ring (bicyclic) bond motifs is 1. The first kappa shape index (κ1) is 24.1. The summed E-state index contributed by atoms with van der Waals surface area (Å²) in [7, 11) is 0. The van der Waals surface area contributed by atoms with E-state index < -0.39 is 18.0 Å². The second-order valence-corrected chi connectivity index (χ2v) is 9.91. The lowest BCUT2D eigenvalue weighted by molar-refractivity contribution is -0.148. The Labute approximate surface area is 207 Å². The number of β-lactam (4-membered cyclic amide) rings is 1. The molecule has 4 rings (SSSR count). The Balaban J connectivity index is 1.41. The number of rotatable bonds is 10. The summed E-state index contributed by atoms with van der Waals surface area (Å²) in [6.45, 7) is 0.100. The molecule has 1 amide bonds. The SMILES string of the molecule is O=C(O)CCn1nnnc1SCC1=C(C(=O)O)N2C(=O)C(NC(=S)Cc3cccnc3)[C@H]2SC1. The highest BCUT2D eigenvalue weighted by molar-refractivity contribution is 8.01. The third-order valence-electron chi connectivity index (χ3n) is 5.07. The molecule has 34 heavy (non-hydrogen) atoms. The standard InChI is InChI=1S/C19H19N7O5S3/c27-13(28)3-5-25-19(22-23-24-25)34-9-11-8-33-17-14(16(29)26(17)15(11)18(30)31)21-12(32)6-10-2-1-4-20-7-10/h1-2,4,7,14,17H,3,5-6,8-9H2,(H,21,32)(H,27,28)(H,30,31)/t14?,17-/m1/s1. The zero-order valence-electron chi connectivity index (χ0n) is 17.5. The molecular formula is C19H19N7O5S3. The molecule has 0 aromatic carbocycles. The Hall–Kier alpha value is -3.04. The van der Waals surface area contributed by atoms with E-state index >= 15 is 0 Å². The van der Waals surface area contributed by atoms with Crippen molar-refractivity contribution < 1.29 is 24.6 Å². The predicted octanol–water partition coefficient (Wildman–Crippen LogP) is 0.417. The van der Waals surface area contributed by atoms with Crippen LogP contribution in [0.1, 0.15) is 12.0 Å². The van der Waals surface area contributed by atoms with Crippen molar-refractivity contribution in [3.05, 3.63) is 41.4 Å². The first-order chi connectivity index (χ1) is 16.3. The van der Waals surface area contributed by atoms with Crippen molar-refractivity contribution in [1.82, 2.24) is 35.4 Å². The summed E-state index contributed by atoms with van der Waals surface area (Å²) in [6.07, 6.45) is 3.66. The normalized spacial score (nSPS) is 19.4. The third kappa shape index (κ3) is 5.20. The summed E-state index contributed by atoms with van der Waals surface area (Å²) in [5.74, 6) is -1.85. The number of amides is 1. The van der Waals surface area contributed by atoms with E-state index in [2.05, 4.69) is 25.8 Å². The first-order valence-electron chi connectivity index (χ1n) is 10.0. The highest BCUT2D eigenvalue weighted by Gasteiger charge is 2.53. The highest BCUT2D eigenvalue weighted by atomic mass is 32.2. The van der Waals surface area contributed by atoms with Crippen molar-refractivity contribution in [3.63, 3.8) is 0 Å². The molecule has 1 fully saturated rings. The lowest BCUT2D eigenvalue weighted by atomic mass is 10.0. The van der Waals surface area contributed by atoms with E-state index in [9.17, 15) is 19.5 Å². The zero-order valence-corrected chi connectivity index (χ0v) is 20.0. The van der Waals surface area contributed by atoms with E-state index in [-0.39, 0.29) is 35.7 Å². The van der Waals surface area contributed by atoms with E-state index in [1.165, 1.54) is 33.1 Å². The number of hydrogen-bond acceptors (Lipinski definition) is 10. The molecule has 1 unspecified atom stereocenters. The first-order valence-corrected chi connectivity index (χ1v) is 12.5. The van der Waals surface area contributed by atoms with Crippen LogP contribution in [0.25, 0.3) is 0 Å². The van der Waals surface area contributed by atoms with E-state index in [1.54, 1.807) is 18.5 Å². The topological polar surface area (TPSA) is 163 Å². The second kappa shape index (κ2) is 10.5. The van der Waals surface area contributed by atoms with Gasteiger partial charge in [0.1, 0.15) is 17.1 Å². The summed E-state index contributed by atoms with van der Waals surface area (Å²) in [5.41, 5.74) is 1.44. The predicted molar refractivity (Wildman–Crippen MR) is 126 cm³/mol. The van der Waals surface area contributed by atoms with Crippen molar-refractivity contribution in [2.75, 3.05) is 11.5 Å². The molecule has 2 aromatic rings. The molecule has 2 atom stereocenters. The van der Waals surface area contributed by atoms with Gasteiger partial charge in [-0.15, -0.1) is 16.9 Å². The van der Waals surface area contributed by atoms with Gasteiger partial charge in [-0.2, -0.15) is 0 Å². The highest BCUT2D eigenvalue weighted by Crippen LogP contribution is 2.41. The largest absolute Gasteiger partial charge is 0.481 e. The van der Waals surface area contributed by atoms with Crippen LogP contribution in [0, 0.1) is 0 Å². The molecule has 0 saturated carbocycles. The number of carbonyl (C=O) groups is 3. The van der Waals surface area contributed by atoms with Crippen LogP contribution in [-0.4, -0.2) is 86.1 Å². The van der Waals surface area contributed by atoms with Gasteiger partial charge in [0.2, 0.25) is 5.16 Å². The Kier molecular flexibility index (Phi) is 7.43. The average Bonchev–Trinajstić information content (AvgIpc) is 3.27. The van der Waals surface area contributed by atoms with E-state index in [4.69, 9.17) is 17.3 Å². The fourth-order valence-electron chi connectivity index (χ4n) is 3.50. The number of hydrogen-bond donors (Lipinski definition) is 3. The smallest absolute Gasteiger partial charge is 0.352 e. The average molecular weight is 522 g/mol. The van der Waals surface area contributed by atoms with Crippen LogP contribution in [0.3, 0.4) is 0 Å². The minimum Gasteiger partial charge on any atom is -0.481 e. The molecule has 2 aliphatic heterocycles. The number of pyridine rings is 1. The van der Waals surface area contributed by atoms with Gasteiger partial charge in [-0.3, -0.25) is 19.5 Å². The van der Waals surface area contributed by atoms with Crippen LogP contribution in [0.4, 0.5) is 0 Å². The Morgan fingerprint density at radius 3 is 2.88 bits per heavy atom. The number of carboxylic acid groups (broad SMARTS) is 2. The molecule has 0 aliphatic carbocycles. The minimum absolute atomic E-state index is 0.0398. The summed E-state index contributed by atoms with van der Waals surface area (Å²) in [5, 5.41) is 33.0. The maximum Gasteiger partial charge on any atom is 0.352 e. The summed E-state index contributed by atoms with van der Waals surface area (Å²) >= 11 is 8.04. The maximum atomic E-state index is 12.9. The van der Waals surface area contributed by atoms with Gasteiger partial charge in [-0.05, 0) is 27.6 Å². The van der Waals surface area contributed by atoms with Crippen molar-refractivity contribution in [3.8, 4) is 0 Å². The second-order valence-electron chi connectivity index (χ2n) is 7.37. The molecule has 2 aromatic heterocycles. The van der Waals surface area contributed by atoms with Gasteiger partial charge >= 0.3 is 11.9 Å². The molecule has 15 heteroatoms. The number of nitrogens with one attached hydrogen (secondary N) is 1. The lowest BCUT2D eigenvalue weighted by Crippen LogP contribution is -2.70. The van der Waals surface area contributed by atoms with E-state index in [0.717, 1.165) is 5.56 Å². The van der Waals surface area contributed by atoms with Crippen molar-refractivity contribution in [2.45, 2.75) is 36.0 Å². The fraction of sp³-hybridized carbons (Fsp3) is 0.368. The summed E-state index contributed by atoms with van der Waals surface area (Å²) in [4.78, 5) is 41.5. The molecule has 178 valence electrons. The Morgan fingerprint density at radius 1 is 1.35 bits per heavy atom. The number of aryl methyl sites for hydroxylation is 1. The van der Waals surface area contributed by atoms with Crippen LogP contribution < -0.4 is 5.32 Å². The number of thioether (sulfide) groups is 2. The Bertz CT molecular complexity index is 1160. The van der Waals surface area contributed by atoms with Crippen molar-refractivity contribution in [2.24, 2.45) is 0 Å². The van der Waals surface area contributed by atoms with Gasteiger partial charge in [0, 0.05) is 30.3 Å². The zero-order chi connectivity index (χ0) is 24.2. The van der Waals surface area contributed by atoms with Gasteiger partial charge in [-0.25, -0.2) is 9.48 Å². The van der Waals surface area contributed by atoms with Gasteiger partial charge in [0.25, 0.3) is 5.91 Å². The van der Waals surface area contributed by atoms with Gasteiger partial charge in [0.05, 0.1) is 18.0 Å². The van der Waals surface area contributed by atoms with E-state index in [1.807, 2.05) is 6.07 Å². The number of tetrazole rings is 1. The molecule has 2 aliphatic rings. The number of aromatic nitrogens is 5. The molecule has 1 saturated heterocycles. The molecule has 3 N–H and O–H groups in total. The summed E-state index contributed by atoms with van der Waals surface area (Å²) in [6, 6.07) is 3.10. The van der Waals surface area contributed by atoms with Crippen LogP contribution in [0.2, 0.25) is 0 Å². The molecule has 12 nitrogen and oxygen atoms in total. The van der Waals surface area contributed by atoms with Crippen LogP contribution >= 0.6 is 35.7 Å². The van der Waals surface area contributed by atoms with Gasteiger partial charge in [0.15, 0.2) is 0 Å². The molecular weight excluding hydrogens is 502 g/mol. The monoisotopic (exact) mass is 521 g/mol. The van der Waals surface area contributed by atoms with Crippen LogP contribution in [0.15, 0.2) is 41.0 Å². The van der Waals surface area contributed by atoms with E-state index in [0.29, 0.717) is 27.9 Å². The molecule has 0 bridgehead atoms. The molecule has 0 radical (unpaired) electrons. The number of carbonyl (C=O) groups excluding carboxylic acids is 1. The van der Waals surface area contributed by atoms with Gasteiger partial charge in [-0.1, -0.05) is 30.0 Å². The molecule has 0 spiro atoms. The minimum atomic E-state index is -1.18. The number of carboxylic acids is 2. The van der Waals surface area contributed by atoms with Crippen LogP contribution in [0.5, 0.6) is 0 Å². The Morgan fingerprint density at radius 2 is 2.18 bits per heavy atom. The fourth-order valence-corrected chi connectivity index (χ4v) is 6.18. The molecule has 4 heterocycles. The van der Waals surface area contributed by atoms with Crippen molar-refractivity contribution in [1.29, 1.82) is 0 Å². The number of thiocarbonyl (C=S) groups is 1. The lowest BCUT2D eigenvalue weighted by Gasteiger charge is -2.49. The number of aliphatic carboxylic acids is 2. The van der Waals surface area contributed by atoms with Gasteiger partial charge < -0.3 is 15.5 Å². The maximum absolute atomic E-state index is 12.9. The quantitative estimate of drug-likeness (QED) is 0.224. The summed E-state index contributed by atoms with van der Waals surface area (Å²) < 4.78 is 1.36. The van der Waals surface area contributed by atoms with Crippen molar-refractivity contribution >= 4 is 58.6 Å². The number of nitrogens with zero attached hydrogens (tertiary/aromatic N) is 6. The third-order valence-corrected chi connectivity index (χ3v) is 7.71.